The lowest BCUT2D eigenvalue weighted by Crippen LogP contribution is -1.90. The molecule has 6 nitrogen and oxygen atoms in total. The van der Waals surface area contributed by atoms with Gasteiger partial charge >= 0.3 is 0 Å². The van der Waals surface area contributed by atoms with Gasteiger partial charge in [0.2, 0.25) is 0 Å². The molecule has 18 rings (SSSR count). The normalized spacial score (nSPS) is 11.2. The van der Waals surface area contributed by atoms with E-state index in [-0.39, 0.29) is 0 Å². The predicted molar refractivity (Wildman–Crippen MR) is 429 cm³/mol. The van der Waals surface area contributed by atoms with Crippen LogP contribution in [0.5, 0.6) is 34.5 Å². The number of hydrogen-bond acceptors (Lipinski definition) is 6. The molecular formula is C96H72O6. The van der Waals surface area contributed by atoms with Crippen molar-refractivity contribution >= 4 is 97.0 Å². The number of benzene rings is 18. The topological polar surface area (TPSA) is 55.4 Å². The first-order valence-electron chi connectivity index (χ1n) is 34.3. The Morgan fingerprint density at radius 2 is 0.353 bits per heavy atom. The summed E-state index contributed by atoms with van der Waals surface area (Å²) >= 11 is 0. The molecule has 0 bridgehead atoms. The average molecular weight is 1320 g/mol. The minimum Gasteiger partial charge on any atom is -0.497 e. The van der Waals surface area contributed by atoms with Gasteiger partial charge in [0.15, 0.2) is 0 Å². The maximum Gasteiger partial charge on any atom is 0.126 e. The Kier molecular flexibility index (Phi) is 17.4. The molecule has 0 unspecified atom stereocenters. The summed E-state index contributed by atoms with van der Waals surface area (Å²) in [4.78, 5) is 0. The molecule has 0 atom stereocenters. The van der Waals surface area contributed by atoms with Crippen molar-refractivity contribution in [2.75, 3.05) is 42.7 Å². The number of methoxy groups -OCH3 is 6. The summed E-state index contributed by atoms with van der Waals surface area (Å²) in [5.74, 6) is 5.32. The highest BCUT2D eigenvalue weighted by Gasteiger charge is 2.18. The van der Waals surface area contributed by atoms with Crippen LogP contribution >= 0.6 is 0 Å². The third-order valence-corrected chi connectivity index (χ3v) is 20.0. The standard InChI is InChI=1S/3C32H24O2/c1-33-31-19-17-27(25-9-3-5-11-29(25)31)23-15-7-14-22-21(23)13-8-16-24(22)28-18-20-32(34-2)30-12-6-4-10-26(28)30;1-33-27-15-13-21-17-25(11-9-23(21)19-27)29-5-3-8-32-30(6-4-7-31(29)32)26-12-10-24-20-28(34-2)16-14-22(24)18-26;1-33-24-16-15-21-19-23(14-13-22(21)20-24)25-9-5-11-27-26(25)10-6-12-28(27)30-17-18-32(34-2)31-8-4-3-7-29(30)31/h3*3-20H,1-2H3. The molecule has 0 radical (unpaired) electrons. The van der Waals surface area contributed by atoms with Crippen LogP contribution in [0.2, 0.25) is 0 Å². The quantitative estimate of drug-likeness (QED) is 0.121. The first-order valence-corrected chi connectivity index (χ1v) is 34.3. The number of fused-ring (bicyclic) bond motifs is 9. The largest absolute Gasteiger partial charge is 0.497 e. The Labute approximate surface area is 593 Å². The zero-order valence-electron chi connectivity index (χ0n) is 57.6. The first-order chi connectivity index (χ1) is 50.3. The van der Waals surface area contributed by atoms with Crippen LogP contribution in [-0.4, -0.2) is 42.7 Å². The third-order valence-electron chi connectivity index (χ3n) is 20.0. The molecule has 492 valence electrons. The smallest absolute Gasteiger partial charge is 0.126 e. The highest BCUT2D eigenvalue weighted by Crippen LogP contribution is 2.45. The lowest BCUT2D eigenvalue weighted by atomic mass is 9.89. The second kappa shape index (κ2) is 27.8. The molecule has 0 fully saturated rings. The zero-order chi connectivity index (χ0) is 69.2. The highest BCUT2D eigenvalue weighted by molar-refractivity contribution is 6.15. The summed E-state index contributed by atoms with van der Waals surface area (Å²) in [6.45, 7) is 0. The van der Waals surface area contributed by atoms with Crippen molar-refractivity contribution in [2.45, 2.75) is 0 Å². The van der Waals surface area contributed by atoms with Crippen molar-refractivity contribution < 1.29 is 28.4 Å². The molecule has 0 aliphatic heterocycles. The number of ether oxygens (including phenoxy) is 6. The minimum absolute atomic E-state index is 0.877. The van der Waals surface area contributed by atoms with Crippen LogP contribution in [0.3, 0.4) is 0 Å². The lowest BCUT2D eigenvalue weighted by molar-refractivity contribution is 0.415. The van der Waals surface area contributed by atoms with E-state index >= 15 is 0 Å². The van der Waals surface area contributed by atoms with Crippen molar-refractivity contribution in [2.24, 2.45) is 0 Å². The van der Waals surface area contributed by atoms with Gasteiger partial charge in [-0.3, -0.25) is 0 Å². The molecule has 0 aromatic heterocycles. The summed E-state index contributed by atoms with van der Waals surface area (Å²) in [6, 6.07) is 116. The highest BCUT2D eigenvalue weighted by atomic mass is 16.5. The fourth-order valence-electron chi connectivity index (χ4n) is 15.0. The maximum absolute atomic E-state index is 5.63. The van der Waals surface area contributed by atoms with Gasteiger partial charge in [0.05, 0.1) is 42.7 Å². The summed E-state index contributed by atoms with van der Waals surface area (Å²) < 4.78 is 33.0. The minimum atomic E-state index is 0.877. The second-order valence-electron chi connectivity index (χ2n) is 25.5. The Morgan fingerprint density at radius 3 is 0.618 bits per heavy atom. The van der Waals surface area contributed by atoms with Crippen molar-refractivity contribution in [3.05, 3.63) is 328 Å². The van der Waals surface area contributed by atoms with E-state index in [0.717, 1.165) is 50.7 Å². The fourth-order valence-corrected chi connectivity index (χ4v) is 15.0. The van der Waals surface area contributed by atoms with Gasteiger partial charge in [-0.2, -0.15) is 0 Å². The third kappa shape index (κ3) is 11.9. The molecule has 18 aromatic carbocycles. The Hall–Kier alpha value is -12.9. The summed E-state index contributed by atoms with van der Waals surface area (Å²) in [6.07, 6.45) is 0. The molecule has 0 amide bonds. The van der Waals surface area contributed by atoms with Gasteiger partial charge in [-0.25, -0.2) is 0 Å². The Bertz CT molecular complexity index is 5990. The lowest BCUT2D eigenvalue weighted by Gasteiger charge is -2.16. The van der Waals surface area contributed by atoms with Crippen molar-refractivity contribution in [3.8, 4) is 101 Å². The van der Waals surface area contributed by atoms with Crippen molar-refractivity contribution in [1.29, 1.82) is 0 Å². The van der Waals surface area contributed by atoms with Crippen LogP contribution in [0.1, 0.15) is 0 Å². The molecule has 6 heteroatoms. The van der Waals surface area contributed by atoms with Crippen LogP contribution in [0, 0.1) is 0 Å². The van der Waals surface area contributed by atoms with Gasteiger partial charge < -0.3 is 28.4 Å². The SMILES string of the molecule is COc1ccc(-c2cccc3c(-c4ccc(OC)c5ccccc45)cccc23)c2ccccc12.COc1ccc2cc(-c3cccc4c(-c5ccc(OC)c6ccccc56)cccc34)ccc2c1.COc1ccc2cc(-c3cccc4c(-c5ccc6cc(OC)ccc6c5)cccc34)ccc2c1. The molecule has 0 aliphatic rings. The molecule has 0 N–H and O–H groups in total. The maximum atomic E-state index is 5.63. The van der Waals surface area contributed by atoms with Crippen LogP contribution in [0.15, 0.2) is 328 Å². The molecular weight excluding hydrogens is 1250 g/mol. The predicted octanol–water partition coefficient (Wildman–Crippen LogP) is 25.5. The van der Waals surface area contributed by atoms with Gasteiger partial charge in [-0.15, -0.1) is 0 Å². The van der Waals surface area contributed by atoms with E-state index in [9.17, 15) is 0 Å². The molecule has 0 saturated heterocycles. The van der Waals surface area contributed by atoms with E-state index in [2.05, 4.69) is 309 Å². The number of hydrogen-bond donors (Lipinski definition) is 0. The van der Waals surface area contributed by atoms with Crippen molar-refractivity contribution in [3.63, 3.8) is 0 Å². The molecule has 102 heavy (non-hydrogen) atoms. The Balaban J connectivity index is 0.000000118. The fraction of sp³-hybridized carbons (Fsp3) is 0.0625. The summed E-state index contributed by atoms with van der Waals surface area (Å²) in [7, 11) is 10.3. The molecule has 0 heterocycles. The molecule has 0 aliphatic carbocycles. The van der Waals surface area contributed by atoms with E-state index in [1.807, 2.05) is 18.2 Å². The second-order valence-corrected chi connectivity index (χ2v) is 25.5. The first kappa shape index (κ1) is 63.8. The van der Waals surface area contributed by atoms with Crippen LogP contribution in [0.25, 0.3) is 164 Å². The molecule has 18 aromatic rings. The van der Waals surface area contributed by atoms with E-state index in [4.69, 9.17) is 28.4 Å². The van der Waals surface area contributed by atoms with E-state index < -0.39 is 0 Å². The van der Waals surface area contributed by atoms with Gasteiger partial charge in [0, 0.05) is 16.2 Å². The van der Waals surface area contributed by atoms with Crippen LogP contribution in [0.4, 0.5) is 0 Å². The average Bonchev–Trinajstić information content (AvgIpc) is 0.764. The van der Waals surface area contributed by atoms with Gasteiger partial charge in [0.25, 0.3) is 0 Å². The van der Waals surface area contributed by atoms with Gasteiger partial charge in [-0.05, 0) is 220 Å². The Morgan fingerprint density at radius 1 is 0.147 bits per heavy atom. The summed E-state index contributed by atoms with van der Waals surface area (Å²) in [5, 5.41) is 21.5. The van der Waals surface area contributed by atoms with E-state index in [1.165, 1.54) is 148 Å². The number of rotatable bonds is 12. The van der Waals surface area contributed by atoms with Crippen LogP contribution < -0.4 is 28.4 Å². The zero-order valence-corrected chi connectivity index (χ0v) is 57.6. The van der Waals surface area contributed by atoms with E-state index in [1.54, 1.807) is 42.7 Å². The van der Waals surface area contributed by atoms with Crippen molar-refractivity contribution in [1.82, 2.24) is 0 Å². The van der Waals surface area contributed by atoms with E-state index in [0.29, 0.717) is 0 Å². The monoisotopic (exact) mass is 1320 g/mol. The van der Waals surface area contributed by atoms with Crippen LogP contribution in [-0.2, 0) is 0 Å². The van der Waals surface area contributed by atoms with Gasteiger partial charge in [-0.1, -0.05) is 255 Å². The summed E-state index contributed by atoms with van der Waals surface area (Å²) in [5.41, 5.74) is 14.6. The van der Waals surface area contributed by atoms with Gasteiger partial charge in [0.1, 0.15) is 34.5 Å². The molecule has 0 spiro atoms. The molecule has 0 saturated carbocycles.